The zero-order valence-electron chi connectivity index (χ0n) is 35.5. The number of Topliss-reactive ketones (excluding diaryl/α,β-unsaturated/α-hetero) is 2. The third kappa shape index (κ3) is 10.1. The fourth-order valence-corrected chi connectivity index (χ4v) is 9.20. The molecule has 1 amide bonds. The third-order valence-corrected chi connectivity index (χ3v) is 12.3. The Morgan fingerprint density at radius 1 is 1.12 bits per heavy atom. The van der Waals surface area contributed by atoms with Crippen molar-refractivity contribution in [3.05, 3.63) is 47.9 Å². The second-order valence-electron chi connectivity index (χ2n) is 17.0. The quantitative estimate of drug-likeness (QED) is 0.178. The summed E-state index contributed by atoms with van der Waals surface area (Å²) in [6, 6.07) is 8.02. The van der Waals surface area contributed by atoms with E-state index in [1.807, 2.05) is 50.2 Å². The Morgan fingerprint density at radius 3 is 2.49 bits per heavy atom. The highest BCUT2D eigenvalue weighted by Crippen LogP contribution is 2.40. The van der Waals surface area contributed by atoms with E-state index >= 15 is 4.39 Å². The fourth-order valence-electron chi connectivity index (χ4n) is 8.89. The van der Waals surface area contributed by atoms with Crippen LogP contribution in [0.3, 0.4) is 0 Å². The first-order chi connectivity index (χ1) is 27.7. The van der Waals surface area contributed by atoms with Gasteiger partial charge in [-0.1, -0.05) is 45.9 Å². The topological polar surface area (TPSA) is 175 Å². The summed E-state index contributed by atoms with van der Waals surface area (Å²) in [6.45, 7) is 12.6. The first-order valence-corrected chi connectivity index (χ1v) is 20.7. The van der Waals surface area contributed by atoms with Gasteiger partial charge in [0.15, 0.2) is 17.7 Å². The molecule has 4 heterocycles. The van der Waals surface area contributed by atoms with Gasteiger partial charge in [-0.05, 0) is 97.0 Å². The highest BCUT2D eigenvalue weighted by molar-refractivity contribution is 7.80. The molecule has 3 aliphatic heterocycles. The number of fused-ring (bicyclic) bond motifs is 2. The van der Waals surface area contributed by atoms with Crippen molar-refractivity contribution in [1.82, 2.24) is 20.5 Å². The van der Waals surface area contributed by atoms with Crippen molar-refractivity contribution in [2.24, 2.45) is 23.7 Å². The average molecular weight is 843 g/mol. The van der Waals surface area contributed by atoms with Crippen molar-refractivity contribution < 1.29 is 52.4 Å². The number of hydrogen-bond donors (Lipinski definition) is 3. The third-order valence-electron chi connectivity index (χ3n) is 12.1. The molecular weight excluding hydrogens is 784 g/mol. The molecule has 59 heavy (non-hydrogen) atoms. The lowest BCUT2D eigenvalue weighted by atomic mass is 9.73. The van der Waals surface area contributed by atoms with Crippen LogP contribution in [0, 0.1) is 23.7 Å². The first-order valence-electron chi connectivity index (χ1n) is 20.3. The van der Waals surface area contributed by atoms with Crippen molar-refractivity contribution in [3.8, 4) is 0 Å². The molecule has 0 radical (unpaired) electrons. The lowest BCUT2D eigenvalue weighted by molar-refractivity contribution is -0.292. The van der Waals surface area contributed by atoms with Crippen LogP contribution in [-0.2, 0) is 38.1 Å². The lowest BCUT2D eigenvalue weighted by Crippen LogP contribution is -2.60. The van der Waals surface area contributed by atoms with Gasteiger partial charge >= 0.3 is 12.1 Å². The number of esters is 1. The van der Waals surface area contributed by atoms with Gasteiger partial charge in [-0.15, -0.1) is 0 Å². The molecule has 3 aliphatic rings. The van der Waals surface area contributed by atoms with Crippen LogP contribution < -0.4 is 10.6 Å². The van der Waals surface area contributed by atoms with Crippen LogP contribution in [0.4, 0.5) is 9.18 Å². The molecule has 1 aromatic carbocycles. The molecule has 0 spiro atoms. The number of cyclic esters (lactones) is 1. The van der Waals surface area contributed by atoms with Gasteiger partial charge in [0.1, 0.15) is 41.4 Å². The van der Waals surface area contributed by atoms with Gasteiger partial charge in [0, 0.05) is 35.4 Å². The molecule has 1 aromatic heterocycles. The molecule has 0 unspecified atom stereocenters. The van der Waals surface area contributed by atoms with E-state index in [1.54, 1.807) is 33.8 Å². The highest BCUT2D eigenvalue weighted by Gasteiger charge is 2.57. The molecule has 16 heteroatoms. The molecule has 0 saturated carbocycles. The number of thiocarbonyl (C=S) groups is 1. The van der Waals surface area contributed by atoms with Crippen molar-refractivity contribution in [2.45, 2.75) is 129 Å². The maximum Gasteiger partial charge on any atom is 0.408 e. The second-order valence-corrected chi connectivity index (χ2v) is 17.3. The van der Waals surface area contributed by atoms with E-state index in [2.05, 4.69) is 15.6 Å². The van der Waals surface area contributed by atoms with Crippen LogP contribution in [0.2, 0.25) is 0 Å². The summed E-state index contributed by atoms with van der Waals surface area (Å²) < 4.78 is 46.3. The van der Waals surface area contributed by atoms with Gasteiger partial charge in [0.25, 0.3) is 5.17 Å². The number of amides is 1. The number of aliphatic hydroxyl groups is 1. The lowest BCUT2D eigenvalue weighted by Gasteiger charge is -2.47. The Bertz CT molecular complexity index is 1930. The average Bonchev–Trinajstić information content (AvgIpc) is 3.50. The number of likely N-dealkylation sites (N-methyl/N-ethyl adjacent to an activating group) is 1. The van der Waals surface area contributed by atoms with Crippen LogP contribution in [0.15, 0.2) is 42.4 Å². The number of alkyl carbamates (subject to hydrolysis) is 1. The molecule has 2 aromatic rings. The van der Waals surface area contributed by atoms with Gasteiger partial charge in [-0.25, -0.2) is 9.18 Å². The van der Waals surface area contributed by atoms with Gasteiger partial charge in [-0.3, -0.25) is 19.4 Å². The SMILES string of the molecule is CC[C@H]1OC(=O)[C@H](C)C(=O)[C@H](C)[C@@H](O[C@@H]2O[C@H](C)C[C@H](N(C)C)[C@H]2O)[C@](C)(OC(=O)NC/C(F)=C/c2cnc3ccccc3c2)C[C@@H](C)C(=O)[C@H](C)[C@H]2NC(=S)O[C@@]21C. The number of ether oxygens (including phenoxy) is 5. The van der Waals surface area contributed by atoms with E-state index in [9.17, 15) is 24.3 Å². The van der Waals surface area contributed by atoms with Gasteiger partial charge in [0.05, 0.1) is 24.2 Å². The molecular formula is C43H59FN4O10S. The summed E-state index contributed by atoms with van der Waals surface area (Å²) in [5.74, 6) is -6.57. The smallest absolute Gasteiger partial charge is 0.408 e. The number of hydrogen-bond acceptors (Lipinski definition) is 13. The molecule has 324 valence electrons. The number of para-hydroxylation sites is 1. The Balaban J connectivity index is 1.53. The summed E-state index contributed by atoms with van der Waals surface area (Å²) in [5, 5.41) is 18.0. The molecule has 0 aliphatic carbocycles. The van der Waals surface area contributed by atoms with E-state index in [4.69, 9.17) is 35.9 Å². The number of nitrogens with one attached hydrogen (secondary N) is 2. The number of aliphatic hydroxyl groups excluding tert-OH is 1. The zero-order valence-corrected chi connectivity index (χ0v) is 36.3. The minimum Gasteiger partial charge on any atom is -0.459 e. The molecule has 14 nitrogen and oxygen atoms in total. The molecule has 3 N–H and O–H groups in total. The number of ketones is 2. The van der Waals surface area contributed by atoms with Gasteiger partial charge in [-0.2, -0.15) is 0 Å². The van der Waals surface area contributed by atoms with E-state index in [0.29, 0.717) is 18.4 Å². The second kappa shape index (κ2) is 18.7. The van der Waals surface area contributed by atoms with Crippen LogP contribution in [0.1, 0.15) is 80.2 Å². The summed E-state index contributed by atoms with van der Waals surface area (Å²) in [5.41, 5.74) is -1.88. The minimum absolute atomic E-state index is 0.0362. The van der Waals surface area contributed by atoms with E-state index in [0.717, 1.165) is 10.9 Å². The maximum absolute atomic E-state index is 15.4. The van der Waals surface area contributed by atoms with Crippen molar-refractivity contribution in [2.75, 3.05) is 20.6 Å². The zero-order chi connectivity index (χ0) is 43.6. The Labute approximate surface area is 350 Å². The molecule has 13 atom stereocenters. The predicted molar refractivity (Wildman–Crippen MR) is 221 cm³/mol. The van der Waals surface area contributed by atoms with E-state index in [1.165, 1.54) is 33.0 Å². The minimum atomic E-state index is -1.83. The van der Waals surface area contributed by atoms with Crippen LogP contribution >= 0.6 is 12.2 Å². The molecule has 3 fully saturated rings. The fraction of sp³-hybridized carbons (Fsp3) is 0.628. The number of carbonyl (C=O) groups excluding carboxylic acids is 4. The summed E-state index contributed by atoms with van der Waals surface area (Å²) in [7, 11) is 3.62. The Morgan fingerprint density at radius 2 is 1.81 bits per heavy atom. The molecule has 3 saturated heterocycles. The Hall–Kier alpha value is -4.09. The number of rotatable bonds is 8. The summed E-state index contributed by atoms with van der Waals surface area (Å²) >= 11 is 5.40. The predicted octanol–water partition coefficient (Wildman–Crippen LogP) is 5.28. The molecule has 5 rings (SSSR count). The largest absolute Gasteiger partial charge is 0.459 e. The van der Waals surface area contributed by atoms with Crippen LogP contribution in [0.25, 0.3) is 17.0 Å². The Kier molecular flexibility index (Phi) is 14.6. The van der Waals surface area contributed by atoms with Gasteiger partial charge < -0.3 is 44.3 Å². The van der Waals surface area contributed by atoms with Crippen LogP contribution in [0.5, 0.6) is 0 Å². The van der Waals surface area contributed by atoms with E-state index < -0.39 is 102 Å². The number of aromatic nitrogens is 1. The molecule has 0 bridgehead atoms. The number of benzene rings is 1. The highest BCUT2D eigenvalue weighted by atomic mass is 32.1. The van der Waals surface area contributed by atoms with Gasteiger partial charge in [0.2, 0.25) is 0 Å². The summed E-state index contributed by atoms with van der Waals surface area (Å²) in [6.07, 6.45) is -2.93. The number of nitrogens with zero attached hydrogens (tertiary/aromatic N) is 2. The number of pyridine rings is 1. The van der Waals surface area contributed by atoms with Crippen molar-refractivity contribution in [3.63, 3.8) is 0 Å². The van der Waals surface area contributed by atoms with Crippen molar-refractivity contribution >= 4 is 58.0 Å². The number of halogens is 1. The van der Waals surface area contributed by atoms with E-state index in [-0.39, 0.29) is 23.5 Å². The number of carbonyl (C=O) groups is 4. The first kappa shape index (κ1) is 46.0. The standard InChI is InChI=1S/C43H59FN4O10S/c1-11-32-43(8)36(47-41(59)58-43)24(4)33(49)22(2)19-42(7,57-40(53)46-21-29(44)18-27-17-28-14-12-13-15-30(28)45-20-27)37(25(5)34(50)26(6)38(52)55-32)56-39-35(51)31(48(9)10)16-23(3)54-39/h12-15,17-18,20,22-26,31-32,35-37,39,51H,11,16,19,21H2,1-10H3,(H,46,53)(H,47,59)/b29-18-/t22-,23-,24+,25+,26-,31+,32-,35-,36-,37-,39+,42-,43-/m1/s1. The normalized spacial score (nSPS) is 36.3. The monoisotopic (exact) mass is 842 g/mol. The van der Waals surface area contributed by atoms with Crippen molar-refractivity contribution in [1.29, 1.82) is 0 Å². The maximum atomic E-state index is 15.4. The summed E-state index contributed by atoms with van der Waals surface area (Å²) in [4.78, 5) is 62.8. The van der Waals surface area contributed by atoms with Crippen LogP contribution in [-0.4, -0.2) is 118 Å².